The van der Waals surface area contributed by atoms with Crippen LogP contribution in [0.15, 0.2) is 12.2 Å². The van der Waals surface area contributed by atoms with E-state index in [9.17, 15) is 9.59 Å². The summed E-state index contributed by atoms with van der Waals surface area (Å²) in [5.74, 6) is 0.771. The molecule has 1 heterocycles. The van der Waals surface area contributed by atoms with Crippen LogP contribution in [0.25, 0.3) is 0 Å². The zero-order valence-corrected chi connectivity index (χ0v) is 33.7. The summed E-state index contributed by atoms with van der Waals surface area (Å²) in [5.41, 5.74) is 0. The fourth-order valence-corrected chi connectivity index (χ4v) is 8.12. The summed E-state index contributed by atoms with van der Waals surface area (Å²) in [5, 5.41) is 0. The van der Waals surface area contributed by atoms with Crippen molar-refractivity contribution < 1.29 is 28.5 Å². The van der Waals surface area contributed by atoms with E-state index in [2.05, 4.69) is 26.0 Å². The third-order valence-corrected chi connectivity index (χ3v) is 11.3. The lowest BCUT2D eigenvalue weighted by molar-refractivity contribution is -0.162. The first kappa shape index (κ1) is 45.8. The molecular weight excluding hydrogens is 636 g/mol. The average molecular weight is 719 g/mol. The van der Waals surface area contributed by atoms with Crippen molar-refractivity contribution in [3.63, 3.8) is 0 Å². The molecule has 0 aromatic carbocycles. The lowest BCUT2D eigenvalue weighted by Gasteiger charge is -2.29. The van der Waals surface area contributed by atoms with E-state index in [0.717, 1.165) is 69.8 Å². The van der Waals surface area contributed by atoms with E-state index in [4.69, 9.17) is 18.9 Å². The molecule has 0 N–H and O–H groups in total. The highest BCUT2D eigenvalue weighted by Gasteiger charge is 2.31. The summed E-state index contributed by atoms with van der Waals surface area (Å²) in [6.07, 6.45) is 42.7. The van der Waals surface area contributed by atoms with Crippen LogP contribution in [0, 0.1) is 17.8 Å². The molecule has 1 saturated heterocycles. The molecule has 2 rings (SSSR count). The second-order valence-corrected chi connectivity index (χ2v) is 15.8. The van der Waals surface area contributed by atoms with Crippen LogP contribution in [-0.2, 0) is 28.5 Å². The third-order valence-electron chi connectivity index (χ3n) is 11.3. The number of hydrogen-bond donors (Lipinski definition) is 0. The van der Waals surface area contributed by atoms with Crippen molar-refractivity contribution in [3.8, 4) is 0 Å². The summed E-state index contributed by atoms with van der Waals surface area (Å²) < 4.78 is 22.5. The van der Waals surface area contributed by atoms with E-state index in [-0.39, 0.29) is 37.8 Å². The molecule has 2 fully saturated rings. The van der Waals surface area contributed by atoms with Crippen molar-refractivity contribution >= 4 is 11.9 Å². The van der Waals surface area contributed by atoms with E-state index in [1.54, 1.807) is 0 Å². The normalized spacial score (nSPS) is 19.8. The van der Waals surface area contributed by atoms with E-state index in [1.807, 2.05) is 0 Å². The van der Waals surface area contributed by atoms with Gasteiger partial charge in [0.2, 0.25) is 0 Å². The second-order valence-electron chi connectivity index (χ2n) is 15.8. The molecule has 1 saturated carbocycles. The monoisotopic (exact) mass is 719 g/mol. The molecule has 6 nitrogen and oxygen atoms in total. The Morgan fingerprint density at radius 2 is 1.27 bits per heavy atom. The molecule has 298 valence electrons. The predicted molar refractivity (Wildman–Crippen MR) is 212 cm³/mol. The fraction of sp³-hybridized carbons (Fsp3) is 0.911. The molecule has 1 aliphatic heterocycles. The van der Waals surface area contributed by atoms with Gasteiger partial charge in [0, 0.05) is 13.2 Å². The highest BCUT2D eigenvalue weighted by molar-refractivity contribution is 5.73. The molecule has 2 unspecified atom stereocenters. The summed E-state index contributed by atoms with van der Waals surface area (Å²) in [4.78, 5) is 25.3. The maximum Gasteiger partial charge on any atom is 0.332 e. The van der Waals surface area contributed by atoms with Gasteiger partial charge in [0.1, 0.15) is 19.8 Å². The second kappa shape index (κ2) is 33.2. The Bertz CT molecular complexity index is 837. The molecule has 4 atom stereocenters. The maximum atomic E-state index is 13.1. The lowest BCUT2D eigenvalue weighted by atomic mass is 9.88. The molecule has 6 heteroatoms. The Morgan fingerprint density at radius 3 is 1.94 bits per heavy atom. The average Bonchev–Trinajstić information content (AvgIpc) is 3.60. The molecule has 0 radical (unpaired) electrons. The van der Waals surface area contributed by atoms with Gasteiger partial charge in [-0.2, -0.15) is 0 Å². The molecule has 0 amide bonds. The Morgan fingerprint density at radius 1 is 0.647 bits per heavy atom. The number of hydrogen-bond acceptors (Lipinski definition) is 6. The van der Waals surface area contributed by atoms with Gasteiger partial charge in [-0.3, -0.25) is 4.79 Å². The van der Waals surface area contributed by atoms with Crippen molar-refractivity contribution in [1.82, 2.24) is 0 Å². The van der Waals surface area contributed by atoms with Gasteiger partial charge in [-0.15, -0.1) is 0 Å². The molecule has 1 aliphatic carbocycles. The van der Waals surface area contributed by atoms with E-state index in [0.29, 0.717) is 6.61 Å². The Hall–Kier alpha value is -1.40. The zero-order valence-electron chi connectivity index (χ0n) is 33.7. The smallest absolute Gasteiger partial charge is 0.332 e. The van der Waals surface area contributed by atoms with Crippen molar-refractivity contribution in [2.24, 2.45) is 17.8 Å². The Labute approximate surface area is 315 Å². The van der Waals surface area contributed by atoms with Crippen LogP contribution in [0.1, 0.15) is 206 Å². The largest absolute Gasteiger partial charge is 0.462 e. The number of carbonyl (C=O) groups excluding carboxylic acids is 2. The molecule has 0 bridgehead atoms. The first-order chi connectivity index (χ1) is 25.2. The number of rotatable bonds is 34. The van der Waals surface area contributed by atoms with Gasteiger partial charge < -0.3 is 18.9 Å². The van der Waals surface area contributed by atoms with E-state index < -0.39 is 5.97 Å². The van der Waals surface area contributed by atoms with Gasteiger partial charge in [-0.05, 0) is 76.0 Å². The molecule has 0 aromatic rings. The number of ether oxygens (including phenoxy) is 4. The Kier molecular flexibility index (Phi) is 29.8. The summed E-state index contributed by atoms with van der Waals surface area (Å²) in [6, 6.07) is 0. The van der Waals surface area contributed by atoms with Gasteiger partial charge in [0.05, 0.1) is 12.0 Å². The minimum absolute atomic E-state index is 0.0398. The zero-order chi connectivity index (χ0) is 36.5. The Balaban J connectivity index is 1.49. The van der Waals surface area contributed by atoms with Crippen molar-refractivity contribution in [2.75, 3.05) is 33.0 Å². The lowest BCUT2D eigenvalue weighted by Crippen LogP contribution is -2.35. The topological polar surface area (TPSA) is 71.1 Å². The van der Waals surface area contributed by atoms with Crippen LogP contribution < -0.4 is 0 Å². The van der Waals surface area contributed by atoms with Crippen LogP contribution in [-0.4, -0.2) is 51.1 Å². The molecule has 0 spiro atoms. The molecular formula is C45H82O6. The van der Waals surface area contributed by atoms with Gasteiger partial charge in [-0.25, -0.2) is 4.79 Å². The molecule has 2 aliphatic rings. The first-order valence-electron chi connectivity index (χ1n) is 22.3. The van der Waals surface area contributed by atoms with Gasteiger partial charge in [0.25, 0.3) is 0 Å². The van der Waals surface area contributed by atoms with E-state index >= 15 is 0 Å². The predicted octanol–water partition coefficient (Wildman–Crippen LogP) is 12.6. The van der Waals surface area contributed by atoms with Crippen molar-refractivity contribution in [2.45, 2.75) is 213 Å². The SMILES string of the molecule is CCCCCCC=C[C@H]1CCC[C@@H]1CCCCCC(C(=O)OCCOC(=O)COCCCCCCCCCCCCCCCC)C1CCCCO1. The minimum atomic E-state index is -0.393. The third kappa shape index (κ3) is 24.5. The summed E-state index contributed by atoms with van der Waals surface area (Å²) in [7, 11) is 0. The summed E-state index contributed by atoms with van der Waals surface area (Å²) >= 11 is 0. The highest BCUT2D eigenvalue weighted by atomic mass is 16.6. The van der Waals surface area contributed by atoms with Gasteiger partial charge in [0.15, 0.2) is 0 Å². The number of allylic oxidation sites excluding steroid dienone is 2. The van der Waals surface area contributed by atoms with Crippen molar-refractivity contribution in [1.29, 1.82) is 0 Å². The van der Waals surface area contributed by atoms with Crippen LogP contribution >= 0.6 is 0 Å². The van der Waals surface area contributed by atoms with E-state index in [1.165, 1.54) is 141 Å². The van der Waals surface area contributed by atoms with Crippen molar-refractivity contribution in [3.05, 3.63) is 12.2 Å². The quantitative estimate of drug-likeness (QED) is 0.0375. The van der Waals surface area contributed by atoms with Crippen LogP contribution in [0.4, 0.5) is 0 Å². The fourth-order valence-electron chi connectivity index (χ4n) is 8.12. The molecule has 0 aromatic heterocycles. The maximum absolute atomic E-state index is 13.1. The van der Waals surface area contributed by atoms with Crippen LogP contribution in [0.5, 0.6) is 0 Å². The number of unbranched alkanes of at least 4 members (excludes halogenated alkanes) is 19. The highest BCUT2D eigenvalue weighted by Crippen LogP contribution is 2.37. The van der Waals surface area contributed by atoms with Gasteiger partial charge >= 0.3 is 11.9 Å². The summed E-state index contributed by atoms with van der Waals surface area (Å²) in [6.45, 7) is 5.97. The van der Waals surface area contributed by atoms with Crippen LogP contribution in [0.3, 0.4) is 0 Å². The standard InChI is InChI=1S/C45H82O6/c1-3-5-7-9-11-12-13-14-15-16-17-18-20-26-35-48-39-44(46)50-37-38-51-45(47)42(43-34-25-27-36-49-43)33-24-21-23-30-41-32-28-31-40(41)29-22-19-10-8-6-4-2/h22,29,40-43H,3-21,23-28,30-39H2,1-2H3/t40-,41-,42?,43?/m0/s1. The number of esters is 2. The minimum Gasteiger partial charge on any atom is -0.462 e. The van der Waals surface area contributed by atoms with Crippen LogP contribution in [0.2, 0.25) is 0 Å². The number of carbonyl (C=O) groups is 2. The molecule has 51 heavy (non-hydrogen) atoms. The van der Waals surface area contributed by atoms with Gasteiger partial charge in [-0.1, -0.05) is 154 Å². The first-order valence-corrected chi connectivity index (χ1v) is 22.3.